The molecule has 0 aromatic heterocycles. The number of carbonyl (C=O) groups excluding carboxylic acids is 1. The van der Waals surface area contributed by atoms with Crippen molar-refractivity contribution in [2.24, 2.45) is 0 Å². The third-order valence-corrected chi connectivity index (χ3v) is 13.5. The molecule has 0 spiro atoms. The van der Waals surface area contributed by atoms with E-state index in [1.165, 1.54) is 205 Å². The second-order valence-electron chi connectivity index (χ2n) is 19.9. The predicted octanol–water partition coefficient (Wildman–Crippen LogP) is 15.2. The zero-order valence-electron chi connectivity index (χ0n) is 42.1. The minimum absolute atomic E-state index is 0.0148. The second-order valence-corrected chi connectivity index (χ2v) is 21.4. The first-order chi connectivity index (χ1) is 30.0. The Hall–Kier alpha value is -0.760. The van der Waals surface area contributed by atoms with Gasteiger partial charge in [0.2, 0.25) is 5.91 Å². The van der Waals surface area contributed by atoms with Crippen molar-refractivity contribution in [2.75, 3.05) is 40.9 Å². The number of carbonyl (C=O) groups is 1. The average molecular weight is 899 g/mol. The first kappa shape index (κ1) is 61.2. The van der Waals surface area contributed by atoms with Crippen LogP contribution in [0.2, 0.25) is 0 Å². The summed E-state index contributed by atoms with van der Waals surface area (Å²) in [5.74, 6) is -0.161. The van der Waals surface area contributed by atoms with Crippen molar-refractivity contribution in [3.63, 3.8) is 0 Å². The minimum atomic E-state index is -4.56. The number of likely N-dealkylation sites (N-methyl/N-ethyl adjacent to an activating group) is 1. The van der Waals surface area contributed by atoms with Gasteiger partial charge in [0, 0.05) is 6.42 Å². The lowest BCUT2D eigenvalue weighted by Gasteiger charge is -2.30. The van der Waals surface area contributed by atoms with E-state index in [1.54, 1.807) is 0 Å². The summed E-state index contributed by atoms with van der Waals surface area (Å²) < 4.78 is 23.4. The van der Waals surface area contributed by atoms with Gasteiger partial charge in [-0.25, -0.2) is 0 Å². The van der Waals surface area contributed by atoms with Gasteiger partial charge in [0.15, 0.2) is 0 Å². The number of hydrogen-bond donors (Lipinski definition) is 2. The van der Waals surface area contributed by atoms with Crippen molar-refractivity contribution < 1.29 is 32.9 Å². The molecule has 0 radical (unpaired) electrons. The summed E-state index contributed by atoms with van der Waals surface area (Å²) in [6, 6.07) is -0.796. The highest BCUT2D eigenvalue weighted by atomic mass is 31.2. The van der Waals surface area contributed by atoms with Crippen LogP contribution in [0.4, 0.5) is 0 Å². The highest BCUT2D eigenvalue weighted by Gasteiger charge is 2.24. The van der Waals surface area contributed by atoms with Crippen LogP contribution in [-0.2, 0) is 18.4 Å². The quantitative estimate of drug-likeness (QED) is 0.0272. The smallest absolute Gasteiger partial charge is 0.268 e. The van der Waals surface area contributed by atoms with Crippen molar-refractivity contribution in [3.8, 4) is 0 Å². The van der Waals surface area contributed by atoms with E-state index in [-0.39, 0.29) is 19.1 Å². The number of nitrogens with zero attached hydrogens (tertiary/aromatic N) is 1. The first-order valence-corrected chi connectivity index (χ1v) is 28.5. The first-order valence-electron chi connectivity index (χ1n) is 27.0. The zero-order valence-corrected chi connectivity index (χ0v) is 43.0. The molecule has 0 saturated heterocycles. The Bertz CT molecular complexity index is 1020. The van der Waals surface area contributed by atoms with Gasteiger partial charge in [-0.2, -0.15) is 0 Å². The van der Waals surface area contributed by atoms with Gasteiger partial charge in [-0.05, 0) is 38.5 Å². The van der Waals surface area contributed by atoms with Crippen molar-refractivity contribution in [2.45, 2.75) is 283 Å². The Morgan fingerprint density at radius 1 is 0.548 bits per heavy atom. The van der Waals surface area contributed by atoms with Crippen molar-refractivity contribution >= 4 is 13.7 Å². The van der Waals surface area contributed by atoms with Crippen molar-refractivity contribution in [3.05, 3.63) is 12.2 Å². The van der Waals surface area contributed by atoms with Gasteiger partial charge >= 0.3 is 0 Å². The number of aliphatic hydroxyl groups is 1. The summed E-state index contributed by atoms with van der Waals surface area (Å²) in [7, 11) is 1.32. The number of phosphoric ester groups is 1. The van der Waals surface area contributed by atoms with Gasteiger partial charge in [-0.15, -0.1) is 0 Å². The van der Waals surface area contributed by atoms with E-state index in [4.69, 9.17) is 9.05 Å². The summed E-state index contributed by atoms with van der Waals surface area (Å²) in [6.07, 6.45) is 53.7. The molecule has 0 fully saturated rings. The van der Waals surface area contributed by atoms with Crippen LogP contribution in [0.5, 0.6) is 0 Å². The number of phosphoric acid groups is 1. The summed E-state index contributed by atoms with van der Waals surface area (Å²) >= 11 is 0. The third kappa shape index (κ3) is 47.2. The maximum atomic E-state index is 12.9. The van der Waals surface area contributed by atoms with Gasteiger partial charge < -0.3 is 28.8 Å². The fourth-order valence-corrected chi connectivity index (χ4v) is 8.94. The lowest BCUT2D eigenvalue weighted by molar-refractivity contribution is -0.870. The molecule has 9 heteroatoms. The van der Waals surface area contributed by atoms with Crippen molar-refractivity contribution in [1.82, 2.24) is 5.32 Å². The number of unbranched alkanes of at least 4 members (excludes halogenated alkanes) is 35. The van der Waals surface area contributed by atoms with E-state index in [0.717, 1.165) is 38.5 Å². The van der Waals surface area contributed by atoms with Crippen LogP contribution < -0.4 is 10.2 Å². The molecule has 0 aliphatic carbocycles. The molecule has 62 heavy (non-hydrogen) atoms. The van der Waals surface area contributed by atoms with Crippen LogP contribution in [0.25, 0.3) is 0 Å². The predicted molar refractivity (Wildman–Crippen MR) is 266 cm³/mol. The molecule has 0 heterocycles. The minimum Gasteiger partial charge on any atom is -0.756 e. The van der Waals surface area contributed by atoms with E-state index in [1.807, 2.05) is 21.1 Å². The third-order valence-electron chi connectivity index (χ3n) is 12.5. The average Bonchev–Trinajstić information content (AvgIpc) is 3.23. The van der Waals surface area contributed by atoms with Gasteiger partial charge in [-0.1, -0.05) is 238 Å². The topological polar surface area (TPSA) is 108 Å². The molecule has 370 valence electrons. The summed E-state index contributed by atoms with van der Waals surface area (Å²) in [6.45, 7) is 4.75. The van der Waals surface area contributed by atoms with Crippen LogP contribution in [0.3, 0.4) is 0 Å². The Morgan fingerprint density at radius 3 is 1.26 bits per heavy atom. The van der Waals surface area contributed by atoms with Crippen LogP contribution in [0.15, 0.2) is 12.2 Å². The molecule has 3 atom stereocenters. The largest absolute Gasteiger partial charge is 0.756 e. The summed E-state index contributed by atoms with van der Waals surface area (Å²) in [5, 5.41) is 14.0. The number of quaternary nitrogens is 1. The number of rotatable bonds is 50. The van der Waals surface area contributed by atoms with E-state index in [2.05, 4.69) is 31.3 Å². The molecule has 0 saturated carbocycles. The van der Waals surface area contributed by atoms with E-state index >= 15 is 0 Å². The van der Waals surface area contributed by atoms with Crippen LogP contribution in [0, 0.1) is 0 Å². The second kappa shape index (κ2) is 45.4. The van der Waals surface area contributed by atoms with Gasteiger partial charge in [0.25, 0.3) is 7.82 Å². The summed E-state index contributed by atoms with van der Waals surface area (Å²) in [5.41, 5.74) is 0. The Kier molecular flexibility index (Phi) is 44.8. The Morgan fingerprint density at radius 2 is 0.887 bits per heavy atom. The molecular weight excluding hydrogens is 792 g/mol. The fraction of sp³-hybridized carbons (Fsp3) is 0.943. The van der Waals surface area contributed by atoms with Gasteiger partial charge in [0.05, 0.1) is 39.9 Å². The van der Waals surface area contributed by atoms with E-state index < -0.39 is 20.0 Å². The number of hydrogen-bond acceptors (Lipinski definition) is 6. The molecule has 1 amide bonds. The van der Waals surface area contributed by atoms with E-state index in [9.17, 15) is 19.4 Å². The molecule has 0 aromatic carbocycles. The fourth-order valence-electron chi connectivity index (χ4n) is 8.21. The molecular formula is C53H107N2O6P. The lowest BCUT2D eigenvalue weighted by Crippen LogP contribution is -2.46. The van der Waals surface area contributed by atoms with Gasteiger partial charge in [-0.3, -0.25) is 9.36 Å². The summed E-state index contributed by atoms with van der Waals surface area (Å²) in [4.78, 5) is 25.5. The maximum absolute atomic E-state index is 12.9. The number of amides is 1. The number of nitrogens with one attached hydrogen (secondary N) is 1. The Balaban J connectivity index is 4.14. The standard InChI is InChI=1S/C53H107N2O6P/c1-6-8-10-12-14-16-18-20-22-23-24-25-26-27-28-29-30-31-33-35-37-39-41-43-45-47-53(57)54-51(50-61-62(58,59)60-49-48-55(3,4)5)52(56)46-44-42-40-38-36-34-32-21-19-17-15-13-11-9-7-2/h23-24,51-52,56H,6-22,25-50H2,1-5H3,(H-,54,57,58,59)/b24-23-. The molecule has 0 aromatic rings. The molecule has 2 N–H and O–H groups in total. The molecule has 0 bridgehead atoms. The Labute approximate surface area is 386 Å². The maximum Gasteiger partial charge on any atom is 0.268 e. The van der Waals surface area contributed by atoms with E-state index in [0.29, 0.717) is 23.9 Å². The zero-order chi connectivity index (χ0) is 45.7. The SMILES string of the molecule is CCCCCCCCCC/C=C\CCCCCCCCCCCCCCCC(=O)NC(COP(=O)([O-])OCC[N+](C)(C)C)C(O)CCCCCCCCCCCCCCCCC. The molecule has 3 unspecified atom stereocenters. The van der Waals surface area contributed by atoms with Crippen LogP contribution in [0.1, 0.15) is 271 Å². The molecule has 0 aliphatic heterocycles. The molecule has 0 rings (SSSR count). The monoisotopic (exact) mass is 899 g/mol. The number of aliphatic hydroxyl groups excluding tert-OH is 1. The lowest BCUT2D eigenvalue weighted by atomic mass is 10.0. The van der Waals surface area contributed by atoms with Crippen molar-refractivity contribution in [1.29, 1.82) is 0 Å². The van der Waals surface area contributed by atoms with Crippen LogP contribution in [-0.4, -0.2) is 68.5 Å². The molecule has 0 aliphatic rings. The number of allylic oxidation sites excluding steroid dienone is 2. The highest BCUT2D eigenvalue weighted by molar-refractivity contribution is 7.45. The van der Waals surface area contributed by atoms with Crippen LogP contribution >= 0.6 is 7.82 Å². The normalized spacial score (nSPS) is 14.1. The van der Waals surface area contributed by atoms with Gasteiger partial charge in [0.1, 0.15) is 13.2 Å². The highest BCUT2D eigenvalue weighted by Crippen LogP contribution is 2.38. The molecule has 8 nitrogen and oxygen atoms in total.